The van der Waals surface area contributed by atoms with Crippen LogP contribution in [-0.4, -0.2) is 23.9 Å². The molecule has 1 aromatic heterocycles. The van der Waals surface area contributed by atoms with Crippen LogP contribution >= 0.6 is 0 Å². The van der Waals surface area contributed by atoms with Gasteiger partial charge in [0, 0.05) is 18.3 Å². The van der Waals surface area contributed by atoms with Gasteiger partial charge in [0.15, 0.2) is 0 Å². The molecule has 0 radical (unpaired) electrons. The molecular weight excluding hydrogens is 294 g/mol. The smallest absolute Gasteiger partial charge is 0.229 e. The van der Waals surface area contributed by atoms with E-state index in [1.807, 2.05) is 36.4 Å². The zero-order valence-corrected chi connectivity index (χ0v) is 12.9. The van der Waals surface area contributed by atoms with E-state index >= 15 is 0 Å². The van der Waals surface area contributed by atoms with Crippen molar-refractivity contribution in [1.29, 1.82) is 0 Å². The molecule has 2 N–H and O–H groups in total. The highest BCUT2D eigenvalue weighted by Crippen LogP contribution is 2.16. The number of hydrogen-bond acceptors (Lipinski definition) is 4. The molecule has 6 heteroatoms. The SMILES string of the molecule is COc1ccccc1CNC(=O)CC(=O)NCc1ccccn1. The summed E-state index contributed by atoms with van der Waals surface area (Å²) in [5.41, 5.74) is 1.60. The molecular formula is C17H19N3O3. The number of hydrogen-bond donors (Lipinski definition) is 2. The average Bonchev–Trinajstić information content (AvgIpc) is 2.59. The number of nitrogens with one attached hydrogen (secondary N) is 2. The van der Waals surface area contributed by atoms with Crippen LogP contribution < -0.4 is 15.4 Å². The van der Waals surface area contributed by atoms with Crippen LogP contribution in [0.2, 0.25) is 0 Å². The summed E-state index contributed by atoms with van der Waals surface area (Å²) < 4.78 is 5.21. The molecule has 0 saturated heterocycles. The minimum atomic E-state index is -0.340. The van der Waals surface area contributed by atoms with Crippen molar-refractivity contribution in [3.05, 3.63) is 59.9 Å². The quantitative estimate of drug-likeness (QED) is 0.758. The van der Waals surface area contributed by atoms with Gasteiger partial charge in [-0.05, 0) is 18.2 Å². The molecule has 0 atom stereocenters. The number of pyridine rings is 1. The van der Waals surface area contributed by atoms with Gasteiger partial charge in [-0.3, -0.25) is 14.6 Å². The lowest BCUT2D eigenvalue weighted by Crippen LogP contribution is -2.31. The summed E-state index contributed by atoms with van der Waals surface area (Å²) in [6.45, 7) is 0.621. The Morgan fingerprint density at radius 3 is 2.39 bits per heavy atom. The lowest BCUT2D eigenvalue weighted by Gasteiger charge is -2.09. The van der Waals surface area contributed by atoms with Crippen molar-refractivity contribution in [1.82, 2.24) is 15.6 Å². The molecule has 0 fully saturated rings. The number of carbonyl (C=O) groups excluding carboxylic acids is 2. The standard InChI is InChI=1S/C17H19N3O3/c1-23-15-8-3-2-6-13(15)11-19-16(21)10-17(22)20-12-14-7-4-5-9-18-14/h2-9H,10-12H2,1H3,(H,19,21)(H,20,22). The topological polar surface area (TPSA) is 80.3 Å². The van der Waals surface area contributed by atoms with Crippen molar-refractivity contribution in [3.8, 4) is 5.75 Å². The minimum absolute atomic E-state index is 0.220. The first kappa shape index (κ1) is 16.5. The van der Waals surface area contributed by atoms with Crippen molar-refractivity contribution in [3.63, 3.8) is 0 Å². The maximum Gasteiger partial charge on any atom is 0.229 e. The van der Waals surface area contributed by atoms with Crippen LogP contribution in [0.25, 0.3) is 0 Å². The third kappa shape index (κ3) is 5.43. The van der Waals surface area contributed by atoms with E-state index in [1.54, 1.807) is 19.4 Å². The number of para-hydroxylation sites is 1. The number of nitrogens with zero attached hydrogens (tertiary/aromatic N) is 1. The van der Waals surface area contributed by atoms with Gasteiger partial charge in [-0.25, -0.2) is 0 Å². The van der Waals surface area contributed by atoms with E-state index in [0.717, 1.165) is 11.3 Å². The summed E-state index contributed by atoms with van der Waals surface area (Å²) in [5, 5.41) is 5.37. The molecule has 0 aliphatic rings. The van der Waals surface area contributed by atoms with Gasteiger partial charge in [-0.1, -0.05) is 24.3 Å². The van der Waals surface area contributed by atoms with Crippen molar-refractivity contribution in [2.75, 3.05) is 7.11 Å². The number of benzene rings is 1. The molecule has 2 rings (SSSR count). The van der Waals surface area contributed by atoms with E-state index < -0.39 is 0 Å². The third-order valence-corrected chi connectivity index (χ3v) is 3.18. The van der Waals surface area contributed by atoms with E-state index in [9.17, 15) is 9.59 Å². The van der Waals surface area contributed by atoms with E-state index in [2.05, 4.69) is 15.6 Å². The fourth-order valence-electron chi connectivity index (χ4n) is 2.01. The summed E-state index contributed by atoms with van der Waals surface area (Å²) in [7, 11) is 1.58. The highest BCUT2D eigenvalue weighted by molar-refractivity contribution is 5.96. The first-order chi connectivity index (χ1) is 11.2. The molecule has 120 valence electrons. The van der Waals surface area contributed by atoms with E-state index in [1.165, 1.54) is 0 Å². The Bertz CT molecular complexity index is 659. The summed E-state index contributed by atoms with van der Waals surface area (Å²) >= 11 is 0. The summed E-state index contributed by atoms with van der Waals surface area (Å²) in [6.07, 6.45) is 1.43. The molecule has 0 aliphatic heterocycles. The van der Waals surface area contributed by atoms with Gasteiger partial charge in [-0.15, -0.1) is 0 Å². The number of methoxy groups -OCH3 is 1. The van der Waals surface area contributed by atoms with Crippen molar-refractivity contribution in [2.24, 2.45) is 0 Å². The average molecular weight is 313 g/mol. The van der Waals surface area contributed by atoms with Crippen LogP contribution in [-0.2, 0) is 22.7 Å². The van der Waals surface area contributed by atoms with Crippen LogP contribution in [0.15, 0.2) is 48.7 Å². The Morgan fingerprint density at radius 1 is 1.00 bits per heavy atom. The van der Waals surface area contributed by atoms with Crippen LogP contribution in [0, 0.1) is 0 Å². The van der Waals surface area contributed by atoms with Gasteiger partial charge < -0.3 is 15.4 Å². The van der Waals surface area contributed by atoms with E-state index in [4.69, 9.17) is 4.74 Å². The predicted molar refractivity (Wildman–Crippen MR) is 85.5 cm³/mol. The molecule has 1 heterocycles. The number of rotatable bonds is 7. The second kappa shape index (κ2) is 8.53. The molecule has 0 bridgehead atoms. The number of carbonyl (C=O) groups is 2. The lowest BCUT2D eigenvalue weighted by molar-refractivity contribution is -0.129. The van der Waals surface area contributed by atoms with Gasteiger partial charge >= 0.3 is 0 Å². The lowest BCUT2D eigenvalue weighted by atomic mass is 10.2. The zero-order chi connectivity index (χ0) is 16.5. The normalized spacial score (nSPS) is 9.96. The van der Waals surface area contributed by atoms with Crippen LogP contribution in [0.1, 0.15) is 17.7 Å². The zero-order valence-electron chi connectivity index (χ0n) is 12.9. The maximum absolute atomic E-state index is 11.8. The van der Waals surface area contributed by atoms with E-state index in [0.29, 0.717) is 18.8 Å². The van der Waals surface area contributed by atoms with Crippen molar-refractivity contribution in [2.45, 2.75) is 19.5 Å². The van der Waals surface area contributed by atoms with Gasteiger partial charge in [0.1, 0.15) is 12.2 Å². The largest absolute Gasteiger partial charge is 0.496 e. The monoisotopic (exact) mass is 313 g/mol. The fourth-order valence-corrected chi connectivity index (χ4v) is 2.01. The van der Waals surface area contributed by atoms with Crippen LogP contribution in [0.3, 0.4) is 0 Å². The van der Waals surface area contributed by atoms with Gasteiger partial charge in [0.2, 0.25) is 11.8 Å². The first-order valence-corrected chi connectivity index (χ1v) is 7.24. The summed E-state index contributed by atoms with van der Waals surface area (Å²) in [5.74, 6) is 0.0232. The molecule has 6 nitrogen and oxygen atoms in total. The highest BCUT2D eigenvalue weighted by atomic mass is 16.5. The Kier molecular flexibility index (Phi) is 6.11. The maximum atomic E-state index is 11.8. The predicted octanol–water partition coefficient (Wildman–Crippen LogP) is 1.41. The fraction of sp³-hybridized carbons (Fsp3) is 0.235. The molecule has 0 aliphatic carbocycles. The molecule has 0 unspecified atom stereocenters. The molecule has 0 saturated carbocycles. The summed E-state index contributed by atoms with van der Waals surface area (Å²) in [4.78, 5) is 27.6. The Morgan fingerprint density at radius 2 is 1.70 bits per heavy atom. The Labute approximate surface area is 134 Å². The molecule has 2 amide bonds. The second-order valence-electron chi connectivity index (χ2n) is 4.86. The number of amides is 2. The molecule has 23 heavy (non-hydrogen) atoms. The van der Waals surface area contributed by atoms with E-state index in [-0.39, 0.29) is 18.2 Å². The van der Waals surface area contributed by atoms with Gasteiger partial charge in [-0.2, -0.15) is 0 Å². The number of ether oxygens (including phenoxy) is 1. The van der Waals surface area contributed by atoms with Crippen molar-refractivity contribution >= 4 is 11.8 Å². The van der Waals surface area contributed by atoms with Gasteiger partial charge in [0.25, 0.3) is 0 Å². The Hall–Kier alpha value is -2.89. The van der Waals surface area contributed by atoms with Crippen LogP contribution in [0.4, 0.5) is 0 Å². The first-order valence-electron chi connectivity index (χ1n) is 7.24. The van der Waals surface area contributed by atoms with Crippen molar-refractivity contribution < 1.29 is 14.3 Å². The molecule has 0 spiro atoms. The minimum Gasteiger partial charge on any atom is -0.496 e. The van der Waals surface area contributed by atoms with Crippen LogP contribution in [0.5, 0.6) is 5.75 Å². The Balaban J connectivity index is 1.75. The molecule has 2 aromatic rings. The number of aromatic nitrogens is 1. The second-order valence-corrected chi connectivity index (χ2v) is 4.86. The molecule has 1 aromatic carbocycles. The van der Waals surface area contributed by atoms with Gasteiger partial charge in [0.05, 0.1) is 19.3 Å². The highest BCUT2D eigenvalue weighted by Gasteiger charge is 2.10. The third-order valence-electron chi connectivity index (χ3n) is 3.18. The summed E-state index contributed by atoms with van der Waals surface area (Å²) in [6, 6.07) is 12.9.